The Morgan fingerprint density at radius 2 is 1.96 bits per heavy atom. The van der Waals surface area contributed by atoms with Crippen LogP contribution in [0.3, 0.4) is 0 Å². The maximum absolute atomic E-state index is 12.3. The second-order valence-corrected chi connectivity index (χ2v) is 9.02. The monoisotopic (exact) mass is 365 g/mol. The summed E-state index contributed by atoms with van der Waals surface area (Å²) in [7, 11) is -3.44. The van der Waals surface area contributed by atoms with E-state index in [9.17, 15) is 18.3 Å². The number of aryl methyl sites for hydroxylation is 1. The van der Waals surface area contributed by atoms with Gasteiger partial charge in [-0.25, -0.2) is 8.42 Å². The van der Waals surface area contributed by atoms with Gasteiger partial charge in [-0.15, -0.1) is 0 Å². The second kappa shape index (κ2) is 6.05. The third-order valence-electron chi connectivity index (χ3n) is 4.80. The lowest BCUT2D eigenvalue weighted by atomic mass is 9.90. The van der Waals surface area contributed by atoms with Crippen LogP contribution in [0.1, 0.15) is 38.8 Å². The molecule has 0 saturated carbocycles. The highest BCUT2D eigenvalue weighted by atomic mass is 32.2. The molecule has 0 bridgehead atoms. The topological polar surface area (TPSA) is 85.6 Å². The molecule has 0 fully saturated rings. The van der Waals surface area contributed by atoms with Gasteiger partial charge in [0.15, 0.2) is 9.84 Å². The molecule has 7 heteroatoms. The molecule has 1 aromatic carbocycles. The maximum atomic E-state index is 12.3. The van der Waals surface area contributed by atoms with Crippen molar-refractivity contribution in [2.24, 2.45) is 5.92 Å². The van der Waals surface area contributed by atoms with Crippen LogP contribution >= 0.6 is 0 Å². The Balaban J connectivity index is 2.23. The second-order valence-electron chi connectivity index (χ2n) is 7.04. The molecule has 2 heterocycles. The Hall–Kier alpha value is -2.02. The molecule has 25 heavy (non-hydrogen) atoms. The molecule has 0 radical (unpaired) electrons. The summed E-state index contributed by atoms with van der Waals surface area (Å²) in [6.07, 6.45) is 1.85. The van der Waals surface area contributed by atoms with Crippen LogP contribution in [-0.2, 0) is 21.2 Å². The van der Waals surface area contributed by atoms with E-state index in [1.54, 1.807) is 13.0 Å². The zero-order valence-corrected chi connectivity index (χ0v) is 15.6. The van der Waals surface area contributed by atoms with Crippen molar-refractivity contribution in [1.82, 2.24) is 4.57 Å². The van der Waals surface area contributed by atoms with E-state index in [0.29, 0.717) is 17.7 Å². The number of rotatable bonds is 5. The standard InChI is InChI=1S/C18H23NO5S/c1-10(2)24-12-7-15-14(17(8-12)25(4,22)23)9-16-13(5-6-19(15)16)11(3)18(20)21/h7-11,13H,5-6H2,1-4H3,(H,20,21). The predicted octanol–water partition coefficient (Wildman–Crippen LogP) is 3.04. The van der Waals surface area contributed by atoms with Crippen LogP contribution in [-0.4, -0.2) is 36.4 Å². The molecule has 136 valence electrons. The fourth-order valence-corrected chi connectivity index (χ4v) is 4.51. The molecule has 3 rings (SSSR count). The minimum Gasteiger partial charge on any atom is -0.491 e. The molecule has 0 saturated heterocycles. The Bertz CT molecular complexity index is 942. The molecule has 0 amide bonds. The number of nitrogens with zero attached hydrogens (tertiary/aromatic N) is 1. The van der Waals surface area contributed by atoms with Crippen LogP contribution in [0, 0.1) is 5.92 Å². The first-order valence-corrected chi connectivity index (χ1v) is 10.3. The first-order chi connectivity index (χ1) is 11.6. The van der Waals surface area contributed by atoms with E-state index >= 15 is 0 Å². The quantitative estimate of drug-likeness (QED) is 0.880. The van der Waals surface area contributed by atoms with Gasteiger partial charge in [0.1, 0.15) is 5.75 Å². The zero-order valence-electron chi connectivity index (χ0n) is 14.8. The van der Waals surface area contributed by atoms with Crippen molar-refractivity contribution in [3.63, 3.8) is 0 Å². The van der Waals surface area contributed by atoms with E-state index in [2.05, 4.69) is 0 Å². The molecular formula is C18H23NO5S. The van der Waals surface area contributed by atoms with E-state index in [0.717, 1.165) is 17.6 Å². The minimum atomic E-state index is -3.44. The molecule has 1 aliphatic rings. The van der Waals surface area contributed by atoms with Crippen molar-refractivity contribution < 1.29 is 23.1 Å². The lowest BCUT2D eigenvalue weighted by molar-refractivity contribution is -0.141. The number of carboxylic acids is 1. The molecule has 1 aromatic heterocycles. The first-order valence-electron chi connectivity index (χ1n) is 8.36. The van der Waals surface area contributed by atoms with Crippen molar-refractivity contribution in [3.05, 3.63) is 23.9 Å². The molecule has 6 nitrogen and oxygen atoms in total. The van der Waals surface area contributed by atoms with Gasteiger partial charge < -0.3 is 14.4 Å². The molecule has 2 unspecified atom stereocenters. The van der Waals surface area contributed by atoms with E-state index in [-0.39, 0.29) is 16.9 Å². The third-order valence-corrected chi connectivity index (χ3v) is 5.93. The van der Waals surface area contributed by atoms with Gasteiger partial charge in [-0.3, -0.25) is 4.79 Å². The summed E-state index contributed by atoms with van der Waals surface area (Å²) in [5, 5.41) is 9.98. The number of sulfone groups is 1. The number of hydrogen-bond donors (Lipinski definition) is 1. The van der Waals surface area contributed by atoms with Gasteiger partial charge in [0.25, 0.3) is 0 Å². The van der Waals surface area contributed by atoms with Crippen LogP contribution < -0.4 is 4.74 Å². The number of aromatic nitrogens is 1. The summed E-state index contributed by atoms with van der Waals surface area (Å²) >= 11 is 0. The number of aliphatic carboxylic acids is 1. The summed E-state index contributed by atoms with van der Waals surface area (Å²) in [4.78, 5) is 11.6. The largest absolute Gasteiger partial charge is 0.491 e. The fourth-order valence-electron chi connectivity index (χ4n) is 3.62. The van der Waals surface area contributed by atoms with Gasteiger partial charge in [0, 0.05) is 35.9 Å². The summed E-state index contributed by atoms with van der Waals surface area (Å²) in [6, 6.07) is 5.24. The highest BCUT2D eigenvalue weighted by Gasteiger charge is 2.33. The van der Waals surface area contributed by atoms with E-state index in [1.165, 1.54) is 6.26 Å². The van der Waals surface area contributed by atoms with Gasteiger partial charge in [-0.2, -0.15) is 0 Å². The molecular weight excluding hydrogens is 342 g/mol. The number of carboxylic acid groups (broad SMARTS) is 1. The van der Waals surface area contributed by atoms with Crippen molar-refractivity contribution in [1.29, 1.82) is 0 Å². The summed E-state index contributed by atoms with van der Waals surface area (Å²) in [5.74, 6) is -0.958. The van der Waals surface area contributed by atoms with Crippen LogP contribution in [0.2, 0.25) is 0 Å². The average Bonchev–Trinajstić information content (AvgIpc) is 3.03. The zero-order chi connectivity index (χ0) is 18.5. The molecule has 2 atom stereocenters. The highest BCUT2D eigenvalue weighted by Crippen LogP contribution is 2.41. The lowest BCUT2D eigenvalue weighted by Gasteiger charge is -2.13. The Morgan fingerprint density at radius 3 is 2.52 bits per heavy atom. The van der Waals surface area contributed by atoms with E-state index in [4.69, 9.17) is 4.74 Å². The number of fused-ring (bicyclic) bond motifs is 3. The number of ether oxygens (including phenoxy) is 1. The van der Waals surface area contributed by atoms with E-state index in [1.807, 2.05) is 30.5 Å². The SMILES string of the molecule is CC(C)Oc1cc(S(C)(=O)=O)c2cc3n(c2c1)CCC3C(C)C(=O)O. The van der Waals surface area contributed by atoms with Crippen LogP contribution in [0.15, 0.2) is 23.1 Å². The Kier molecular flexibility index (Phi) is 4.31. The smallest absolute Gasteiger partial charge is 0.306 e. The van der Waals surface area contributed by atoms with Crippen LogP contribution in [0.5, 0.6) is 5.75 Å². The van der Waals surface area contributed by atoms with Gasteiger partial charge in [0.05, 0.1) is 22.4 Å². The Labute approximate surface area is 147 Å². The van der Waals surface area contributed by atoms with Crippen molar-refractivity contribution in [2.75, 3.05) is 6.26 Å². The molecule has 1 aliphatic heterocycles. The van der Waals surface area contributed by atoms with Crippen molar-refractivity contribution in [3.8, 4) is 5.75 Å². The highest BCUT2D eigenvalue weighted by molar-refractivity contribution is 7.91. The summed E-state index contributed by atoms with van der Waals surface area (Å²) in [5.41, 5.74) is 1.67. The number of benzene rings is 1. The van der Waals surface area contributed by atoms with Gasteiger partial charge >= 0.3 is 5.97 Å². The molecule has 0 spiro atoms. The summed E-state index contributed by atoms with van der Waals surface area (Å²) in [6.45, 7) is 6.15. The predicted molar refractivity (Wildman–Crippen MR) is 95.0 cm³/mol. The van der Waals surface area contributed by atoms with Gasteiger partial charge in [0.2, 0.25) is 0 Å². The Morgan fingerprint density at radius 1 is 1.28 bits per heavy atom. The number of hydrogen-bond acceptors (Lipinski definition) is 4. The molecule has 0 aliphatic carbocycles. The van der Waals surface area contributed by atoms with E-state index < -0.39 is 21.7 Å². The van der Waals surface area contributed by atoms with Gasteiger partial charge in [-0.05, 0) is 32.4 Å². The lowest BCUT2D eigenvalue weighted by Crippen LogP contribution is -2.17. The fraction of sp³-hybridized carbons (Fsp3) is 0.500. The van der Waals surface area contributed by atoms with Gasteiger partial charge in [-0.1, -0.05) is 6.92 Å². The number of carbonyl (C=O) groups is 1. The van der Waals surface area contributed by atoms with Crippen molar-refractivity contribution in [2.45, 2.75) is 50.7 Å². The first kappa shape index (κ1) is 17.8. The minimum absolute atomic E-state index is 0.0716. The summed E-state index contributed by atoms with van der Waals surface area (Å²) < 4.78 is 32.3. The molecule has 2 aromatic rings. The van der Waals surface area contributed by atoms with Crippen LogP contribution in [0.4, 0.5) is 0 Å². The average molecular weight is 365 g/mol. The third kappa shape index (κ3) is 3.13. The van der Waals surface area contributed by atoms with Crippen LogP contribution in [0.25, 0.3) is 10.9 Å². The molecule has 1 N–H and O–H groups in total. The normalized spacial score (nSPS) is 18.5. The van der Waals surface area contributed by atoms with Crippen molar-refractivity contribution >= 4 is 26.7 Å². The maximum Gasteiger partial charge on any atom is 0.306 e.